The summed E-state index contributed by atoms with van der Waals surface area (Å²) in [6, 6.07) is 8.83. The van der Waals surface area contributed by atoms with Crippen molar-refractivity contribution in [2.45, 2.75) is 13.1 Å². The maximum absolute atomic E-state index is 2.21. The van der Waals surface area contributed by atoms with Gasteiger partial charge in [-0.2, -0.15) is 0 Å². The molecule has 1 rings (SSSR count). The molecular weight excluding hydrogens is 172 g/mol. The summed E-state index contributed by atoms with van der Waals surface area (Å²) in [7, 11) is 8.36. The first-order valence-corrected chi connectivity index (χ1v) is 4.95. The molecule has 0 saturated heterocycles. The molecule has 0 aliphatic heterocycles. The Morgan fingerprint density at radius 3 is 1.21 bits per heavy atom. The lowest BCUT2D eigenvalue weighted by Crippen LogP contribution is -2.12. The monoisotopic (exact) mass is 192 g/mol. The van der Waals surface area contributed by atoms with Gasteiger partial charge in [0.1, 0.15) is 0 Å². The van der Waals surface area contributed by atoms with Crippen LogP contribution in [0.25, 0.3) is 0 Å². The molecule has 0 saturated carbocycles. The maximum Gasteiger partial charge on any atom is 0.0227 e. The fraction of sp³-hybridized carbons (Fsp3) is 0.500. The molecule has 0 radical (unpaired) electrons. The summed E-state index contributed by atoms with van der Waals surface area (Å²) < 4.78 is 0. The highest BCUT2D eigenvalue weighted by atomic mass is 15.1. The number of benzene rings is 1. The molecule has 0 heterocycles. The van der Waals surface area contributed by atoms with Crippen LogP contribution in [0, 0.1) is 0 Å². The van der Waals surface area contributed by atoms with Gasteiger partial charge in [-0.05, 0) is 39.3 Å². The van der Waals surface area contributed by atoms with Crippen LogP contribution in [0.2, 0.25) is 0 Å². The highest BCUT2D eigenvalue weighted by Crippen LogP contribution is 2.07. The van der Waals surface area contributed by atoms with E-state index < -0.39 is 0 Å². The molecule has 0 unspecified atom stereocenters. The van der Waals surface area contributed by atoms with E-state index in [2.05, 4.69) is 62.3 Å². The van der Waals surface area contributed by atoms with Crippen LogP contribution in [0.1, 0.15) is 11.1 Å². The number of hydrogen-bond donors (Lipinski definition) is 0. The van der Waals surface area contributed by atoms with Gasteiger partial charge in [0.25, 0.3) is 0 Å². The smallest absolute Gasteiger partial charge is 0.0227 e. The van der Waals surface area contributed by atoms with E-state index in [-0.39, 0.29) is 0 Å². The Morgan fingerprint density at radius 1 is 0.714 bits per heavy atom. The highest BCUT2D eigenvalue weighted by molar-refractivity contribution is 5.22. The molecule has 0 spiro atoms. The third-order valence-corrected chi connectivity index (χ3v) is 2.02. The first-order valence-electron chi connectivity index (χ1n) is 4.95. The van der Waals surface area contributed by atoms with E-state index in [1.54, 1.807) is 0 Å². The second-order valence-electron chi connectivity index (χ2n) is 4.29. The molecule has 0 aliphatic carbocycles. The molecule has 2 heteroatoms. The van der Waals surface area contributed by atoms with E-state index >= 15 is 0 Å². The van der Waals surface area contributed by atoms with Crippen molar-refractivity contribution in [3.05, 3.63) is 35.4 Å². The summed E-state index contributed by atoms with van der Waals surface area (Å²) in [6.07, 6.45) is 0. The Labute approximate surface area is 87.1 Å². The average Bonchev–Trinajstić information content (AvgIpc) is 2.06. The lowest BCUT2D eigenvalue weighted by Gasteiger charge is -2.12. The van der Waals surface area contributed by atoms with E-state index in [1.807, 2.05) is 0 Å². The summed E-state index contributed by atoms with van der Waals surface area (Å²) in [6.45, 7) is 2.03. The van der Waals surface area contributed by atoms with Gasteiger partial charge in [-0.25, -0.2) is 0 Å². The average molecular weight is 192 g/mol. The minimum absolute atomic E-state index is 1.02. The quantitative estimate of drug-likeness (QED) is 0.718. The largest absolute Gasteiger partial charge is 0.305 e. The molecule has 0 aliphatic rings. The summed E-state index contributed by atoms with van der Waals surface area (Å²) in [5.74, 6) is 0. The van der Waals surface area contributed by atoms with Crippen molar-refractivity contribution in [2.24, 2.45) is 0 Å². The summed E-state index contributed by atoms with van der Waals surface area (Å²) in [5, 5.41) is 0. The van der Waals surface area contributed by atoms with E-state index in [0.717, 1.165) is 13.1 Å². The summed E-state index contributed by atoms with van der Waals surface area (Å²) >= 11 is 0. The Kier molecular flexibility index (Phi) is 4.11. The van der Waals surface area contributed by atoms with Crippen molar-refractivity contribution < 1.29 is 0 Å². The molecule has 0 amide bonds. The number of rotatable bonds is 4. The number of nitrogens with zero attached hydrogens (tertiary/aromatic N) is 2. The van der Waals surface area contributed by atoms with Gasteiger partial charge in [0, 0.05) is 13.1 Å². The Hall–Kier alpha value is -0.860. The molecule has 0 aromatic heterocycles. The van der Waals surface area contributed by atoms with Crippen LogP contribution in [0.4, 0.5) is 0 Å². The predicted molar refractivity (Wildman–Crippen MR) is 61.2 cm³/mol. The molecule has 0 fully saturated rings. The third-order valence-electron chi connectivity index (χ3n) is 2.02. The third kappa shape index (κ3) is 3.90. The van der Waals surface area contributed by atoms with E-state index in [0.29, 0.717) is 0 Å². The van der Waals surface area contributed by atoms with Gasteiger partial charge in [-0.3, -0.25) is 0 Å². The zero-order chi connectivity index (χ0) is 10.6. The standard InChI is InChI=1S/C12H20N2/c1-13(2)9-11-5-7-12(8-6-11)10-14(3)4/h5-8H,9-10H2,1-4H3. The van der Waals surface area contributed by atoms with Crippen LogP contribution in [0.5, 0.6) is 0 Å². The Morgan fingerprint density at radius 2 is 1.00 bits per heavy atom. The van der Waals surface area contributed by atoms with Gasteiger partial charge in [0.2, 0.25) is 0 Å². The van der Waals surface area contributed by atoms with Gasteiger partial charge in [0.05, 0.1) is 0 Å². The second-order valence-corrected chi connectivity index (χ2v) is 4.29. The van der Waals surface area contributed by atoms with Crippen molar-refractivity contribution in [3.8, 4) is 0 Å². The maximum atomic E-state index is 2.21. The van der Waals surface area contributed by atoms with Crippen LogP contribution >= 0.6 is 0 Å². The van der Waals surface area contributed by atoms with Gasteiger partial charge in [-0.15, -0.1) is 0 Å². The molecule has 2 nitrogen and oxygen atoms in total. The molecule has 1 aromatic rings. The van der Waals surface area contributed by atoms with Crippen LogP contribution in [0.3, 0.4) is 0 Å². The van der Waals surface area contributed by atoms with Crippen LogP contribution in [-0.2, 0) is 13.1 Å². The normalized spacial score (nSPS) is 11.3. The van der Waals surface area contributed by atoms with Crippen molar-refractivity contribution in [2.75, 3.05) is 28.2 Å². The minimum atomic E-state index is 1.02. The zero-order valence-corrected chi connectivity index (χ0v) is 9.62. The molecule has 0 atom stereocenters. The van der Waals surface area contributed by atoms with Crippen LogP contribution < -0.4 is 0 Å². The lowest BCUT2D eigenvalue weighted by atomic mass is 10.1. The molecule has 1 aromatic carbocycles. The molecule has 0 bridgehead atoms. The highest BCUT2D eigenvalue weighted by Gasteiger charge is 1.97. The van der Waals surface area contributed by atoms with Gasteiger partial charge in [0.15, 0.2) is 0 Å². The molecule has 0 N–H and O–H groups in total. The van der Waals surface area contributed by atoms with E-state index in [9.17, 15) is 0 Å². The van der Waals surface area contributed by atoms with Crippen molar-refractivity contribution >= 4 is 0 Å². The first kappa shape index (κ1) is 11.2. The second kappa shape index (κ2) is 5.13. The van der Waals surface area contributed by atoms with Crippen molar-refractivity contribution in [1.82, 2.24) is 9.80 Å². The Bertz CT molecular complexity index is 233. The van der Waals surface area contributed by atoms with Crippen LogP contribution in [-0.4, -0.2) is 38.0 Å². The van der Waals surface area contributed by atoms with Gasteiger partial charge < -0.3 is 9.80 Å². The van der Waals surface area contributed by atoms with Crippen LogP contribution in [0.15, 0.2) is 24.3 Å². The van der Waals surface area contributed by atoms with E-state index in [1.165, 1.54) is 11.1 Å². The fourth-order valence-corrected chi connectivity index (χ4v) is 1.48. The van der Waals surface area contributed by atoms with Crippen molar-refractivity contribution in [1.29, 1.82) is 0 Å². The SMILES string of the molecule is CN(C)Cc1ccc(CN(C)C)cc1. The van der Waals surface area contributed by atoms with Crippen molar-refractivity contribution in [3.63, 3.8) is 0 Å². The number of hydrogen-bond acceptors (Lipinski definition) is 2. The molecule has 78 valence electrons. The molecule has 14 heavy (non-hydrogen) atoms. The van der Waals surface area contributed by atoms with Gasteiger partial charge >= 0.3 is 0 Å². The Balaban J connectivity index is 2.59. The fourth-order valence-electron chi connectivity index (χ4n) is 1.48. The summed E-state index contributed by atoms with van der Waals surface area (Å²) in [5.41, 5.74) is 2.75. The predicted octanol–water partition coefficient (Wildman–Crippen LogP) is 1.81. The van der Waals surface area contributed by atoms with E-state index in [4.69, 9.17) is 0 Å². The molecular formula is C12H20N2. The minimum Gasteiger partial charge on any atom is -0.305 e. The lowest BCUT2D eigenvalue weighted by molar-refractivity contribution is 0.398. The topological polar surface area (TPSA) is 6.48 Å². The first-order chi connectivity index (χ1) is 6.58. The van der Waals surface area contributed by atoms with Gasteiger partial charge in [-0.1, -0.05) is 24.3 Å². The zero-order valence-electron chi connectivity index (χ0n) is 9.62. The summed E-state index contributed by atoms with van der Waals surface area (Å²) in [4.78, 5) is 4.36.